The van der Waals surface area contributed by atoms with Crippen LogP contribution in [0, 0.1) is 10.1 Å². The molecule has 1 heterocycles. The van der Waals surface area contributed by atoms with E-state index in [1.165, 1.54) is 36.4 Å². The van der Waals surface area contributed by atoms with E-state index in [1.807, 2.05) is 0 Å². The Kier molecular flexibility index (Phi) is 6.04. The van der Waals surface area contributed by atoms with E-state index in [4.69, 9.17) is 11.6 Å². The Morgan fingerprint density at radius 3 is 2.88 bits per heavy atom. The molecule has 0 spiro atoms. The summed E-state index contributed by atoms with van der Waals surface area (Å²) in [5, 5.41) is 26.2. The third kappa shape index (κ3) is 4.50. The van der Waals surface area contributed by atoms with Crippen molar-refractivity contribution in [2.24, 2.45) is 0 Å². The molecule has 1 aliphatic carbocycles. The van der Waals surface area contributed by atoms with Crippen LogP contribution in [0.25, 0.3) is 0 Å². The number of carbonyl (C=O) groups is 1. The number of halogens is 1. The normalized spacial score (nSPS) is 15.0. The predicted octanol–water partition coefficient (Wildman–Crippen LogP) is 3.47. The van der Waals surface area contributed by atoms with Gasteiger partial charge in [-0.25, -0.2) is 4.68 Å². The molecule has 26 heavy (non-hydrogen) atoms. The van der Waals surface area contributed by atoms with Crippen molar-refractivity contribution in [2.45, 2.75) is 43.3 Å². The number of benzene rings is 1. The maximum atomic E-state index is 12.2. The monoisotopic (exact) mass is 396 g/mol. The molecule has 0 radical (unpaired) electrons. The Balaban J connectivity index is 1.62. The van der Waals surface area contributed by atoms with Gasteiger partial charge in [-0.2, -0.15) is 0 Å². The molecule has 0 bridgehead atoms. The second-order valence-corrected chi connectivity index (χ2v) is 7.33. The second kappa shape index (κ2) is 8.45. The number of rotatable bonds is 6. The van der Waals surface area contributed by atoms with Gasteiger partial charge in [-0.05, 0) is 35.4 Å². The summed E-state index contributed by atoms with van der Waals surface area (Å²) < 4.78 is 1.78. The van der Waals surface area contributed by atoms with Gasteiger partial charge in [0.15, 0.2) is 0 Å². The number of hydrogen-bond acceptors (Lipinski definition) is 7. The van der Waals surface area contributed by atoms with E-state index in [9.17, 15) is 14.9 Å². The van der Waals surface area contributed by atoms with E-state index >= 15 is 0 Å². The van der Waals surface area contributed by atoms with E-state index in [0.29, 0.717) is 5.16 Å². The van der Waals surface area contributed by atoms with Crippen LogP contribution < -0.4 is 5.32 Å². The summed E-state index contributed by atoms with van der Waals surface area (Å²) in [5.74, 6) is -0.328. The lowest BCUT2D eigenvalue weighted by Gasteiger charge is -2.21. The number of thioether (sulfide) groups is 1. The number of nitro groups is 1. The maximum absolute atomic E-state index is 12.2. The van der Waals surface area contributed by atoms with Gasteiger partial charge in [0.2, 0.25) is 11.1 Å². The van der Waals surface area contributed by atoms with Crippen molar-refractivity contribution in [3.05, 3.63) is 33.3 Å². The highest BCUT2D eigenvalue weighted by atomic mass is 35.5. The van der Waals surface area contributed by atoms with Crippen LogP contribution in [-0.4, -0.2) is 36.8 Å². The van der Waals surface area contributed by atoms with Gasteiger partial charge in [0, 0.05) is 11.1 Å². The minimum absolute atomic E-state index is 0.0485. The molecule has 2 aromatic rings. The van der Waals surface area contributed by atoms with Crippen molar-refractivity contribution in [2.75, 3.05) is 11.1 Å². The number of amides is 1. The lowest BCUT2D eigenvalue weighted by Crippen LogP contribution is -2.18. The van der Waals surface area contributed by atoms with Crippen LogP contribution in [0.4, 0.5) is 11.4 Å². The van der Waals surface area contributed by atoms with E-state index in [1.54, 1.807) is 4.68 Å². The quantitative estimate of drug-likeness (QED) is 0.451. The molecule has 11 heteroatoms. The zero-order chi connectivity index (χ0) is 18.5. The van der Waals surface area contributed by atoms with Crippen LogP contribution in [0.3, 0.4) is 0 Å². The number of anilines is 1. The number of carbonyl (C=O) groups excluding carboxylic acids is 1. The van der Waals surface area contributed by atoms with Crippen LogP contribution in [0.5, 0.6) is 0 Å². The largest absolute Gasteiger partial charge is 0.320 e. The molecule has 9 nitrogen and oxygen atoms in total. The van der Waals surface area contributed by atoms with E-state index in [2.05, 4.69) is 20.8 Å². The molecule has 1 fully saturated rings. The number of hydrogen-bond donors (Lipinski definition) is 1. The SMILES string of the molecule is O=C(CSc1nnnn1C1CCCCC1)Nc1ccc(Cl)cc1[N+](=O)[O-]. The lowest BCUT2D eigenvalue weighted by molar-refractivity contribution is -0.383. The van der Waals surface area contributed by atoms with Gasteiger partial charge in [-0.3, -0.25) is 14.9 Å². The summed E-state index contributed by atoms with van der Waals surface area (Å²) in [4.78, 5) is 22.7. The van der Waals surface area contributed by atoms with Crippen molar-refractivity contribution in [3.8, 4) is 0 Å². The fourth-order valence-electron chi connectivity index (χ4n) is 2.91. The minimum atomic E-state index is -0.585. The molecule has 0 saturated heterocycles. The number of nitrogens with zero attached hydrogens (tertiary/aromatic N) is 5. The van der Waals surface area contributed by atoms with Gasteiger partial charge < -0.3 is 5.32 Å². The van der Waals surface area contributed by atoms with E-state index in [-0.39, 0.29) is 34.1 Å². The first-order chi connectivity index (χ1) is 12.5. The molecule has 1 aromatic heterocycles. The Labute approximate surface area is 158 Å². The summed E-state index contributed by atoms with van der Waals surface area (Å²) in [5.41, 5.74) is -0.139. The number of tetrazole rings is 1. The molecular formula is C15H17ClN6O3S. The average molecular weight is 397 g/mol. The summed E-state index contributed by atoms with van der Waals surface area (Å²) in [6, 6.07) is 4.37. The minimum Gasteiger partial charge on any atom is -0.320 e. The van der Waals surface area contributed by atoms with Crippen LogP contribution >= 0.6 is 23.4 Å². The van der Waals surface area contributed by atoms with Crippen molar-refractivity contribution in [1.82, 2.24) is 20.2 Å². The third-order valence-electron chi connectivity index (χ3n) is 4.15. The number of nitrogens with one attached hydrogen (secondary N) is 1. The van der Waals surface area contributed by atoms with Gasteiger partial charge >= 0.3 is 0 Å². The smallest absolute Gasteiger partial charge is 0.294 e. The Hall–Kier alpha value is -2.20. The highest BCUT2D eigenvalue weighted by Gasteiger charge is 2.21. The van der Waals surface area contributed by atoms with Crippen LogP contribution in [0.1, 0.15) is 38.1 Å². The Morgan fingerprint density at radius 2 is 2.15 bits per heavy atom. The maximum Gasteiger partial charge on any atom is 0.294 e. The highest BCUT2D eigenvalue weighted by molar-refractivity contribution is 7.99. The fourth-order valence-corrected chi connectivity index (χ4v) is 3.82. The van der Waals surface area contributed by atoms with Crippen LogP contribution in [0.15, 0.2) is 23.4 Å². The van der Waals surface area contributed by atoms with Gasteiger partial charge in [0.25, 0.3) is 5.69 Å². The van der Waals surface area contributed by atoms with Crippen molar-refractivity contribution < 1.29 is 9.72 Å². The van der Waals surface area contributed by atoms with Gasteiger partial charge in [-0.15, -0.1) is 5.10 Å². The third-order valence-corrected chi connectivity index (χ3v) is 5.31. The second-order valence-electron chi connectivity index (χ2n) is 5.95. The molecule has 138 valence electrons. The topological polar surface area (TPSA) is 116 Å². The lowest BCUT2D eigenvalue weighted by atomic mass is 9.96. The zero-order valence-corrected chi connectivity index (χ0v) is 15.4. The molecule has 3 rings (SSSR count). The number of nitro benzene ring substituents is 1. The standard InChI is InChI=1S/C15H17ClN6O3S/c16-10-6-7-12(13(8-10)22(24)25)17-14(23)9-26-15-18-19-20-21(15)11-4-2-1-3-5-11/h6-8,11H,1-5,9H2,(H,17,23). The summed E-state index contributed by atoms with van der Waals surface area (Å²) in [6.45, 7) is 0. The molecule has 1 aromatic carbocycles. The first kappa shape index (κ1) is 18.6. The van der Waals surface area contributed by atoms with Crippen LogP contribution in [0.2, 0.25) is 5.02 Å². The average Bonchev–Trinajstić information content (AvgIpc) is 3.10. The van der Waals surface area contributed by atoms with Crippen molar-refractivity contribution in [1.29, 1.82) is 0 Å². The fraction of sp³-hybridized carbons (Fsp3) is 0.467. The Morgan fingerprint density at radius 1 is 1.38 bits per heavy atom. The molecule has 1 amide bonds. The van der Waals surface area contributed by atoms with Gasteiger partial charge in [0.05, 0.1) is 16.7 Å². The molecule has 0 aliphatic heterocycles. The van der Waals surface area contributed by atoms with Gasteiger partial charge in [0.1, 0.15) is 5.69 Å². The summed E-state index contributed by atoms with van der Waals surface area (Å²) in [6.07, 6.45) is 5.58. The highest BCUT2D eigenvalue weighted by Crippen LogP contribution is 2.31. The molecule has 0 unspecified atom stereocenters. The molecule has 0 atom stereocenters. The van der Waals surface area contributed by atoms with E-state index < -0.39 is 4.92 Å². The van der Waals surface area contributed by atoms with Crippen LogP contribution in [-0.2, 0) is 4.79 Å². The summed E-state index contributed by atoms with van der Waals surface area (Å²) in [7, 11) is 0. The van der Waals surface area contributed by atoms with E-state index in [0.717, 1.165) is 25.7 Å². The van der Waals surface area contributed by atoms with Crippen molar-refractivity contribution >= 4 is 40.6 Å². The zero-order valence-electron chi connectivity index (χ0n) is 13.8. The molecular weight excluding hydrogens is 380 g/mol. The predicted molar refractivity (Wildman–Crippen MR) is 97.4 cm³/mol. The molecule has 1 aliphatic rings. The molecule has 1 N–H and O–H groups in total. The first-order valence-electron chi connectivity index (χ1n) is 8.19. The first-order valence-corrected chi connectivity index (χ1v) is 9.55. The van der Waals surface area contributed by atoms with Gasteiger partial charge in [-0.1, -0.05) is 42.6 Å². The molecule has 1 saturated carbocycles. The number of aromatic nitrogens is 4. The summed E-state index contributed by atoms with van der Waals surface area (Å²) >= 11 is 6.98. The van der Waals surface area contributed by atoms with Crippen molar-refractivity contribution in [3.63, 3.8) is 0 Å². The Bertz CT molecular complexity index is 808.